The molecule has 3 aromatic rings. The van der Waals surface area contributed by atoms with Crippen molar-refractivity contribution in [3.63, 3.8) is 0 Å². The zero-order chi connectivity index (χ0) is 13.4. The molecule has 0 aliphatic rings. The summed E-state index contributed by atoms with van der Waals surface area (Å²) in [6, 6.07) is 13.5. The molecule has 0 aliphatic heterocycles. The summed E-state index contributed by atoms with van der Waals surface area (Å²) >= 11 is 0. The van der Waals surface area contributed by atoms with Gasteiger partial charge in [-0.15, -0.1) is 0 Å². The van der Waals surface area contributed by atoms with Gasteiger partial charge in [0, 0.05) is 5.56 Å². The Labute approximate surface area is 104 Å². The van der Waals surface area contributed by atoms with Crippen LogP contribution in [0.5, 0.6) is 5.75 Å². The number of aromatic hydroxyl groups is 1. The van der Waals surface area contributed by atoms with Gasteiger partial charge in [0.1, 0.15) is 5.58 Å². The van der Waals surface area contributed by atoms with E-state index in [0.29, 0.717) is 22.6 Å². The van der Waals surface area contributed by atoms with Crippen molar-refractivity contribution < 1.29 is 10.9 Å². The van der Waals surface area contributed by atoms with Gasteiger partial charge in [0.25, 0.3) is 0 Å². The maximum atomic E-state index is 12.0. The molecule has 3 nitrogen and oxygen atoms in total. The van der Waals surface area contributed by atoms with Gasteiger partial charge in [-0.25, -0.2) is 0 Å². The maximum absolute atomic E-state index is 12.0. The SMILES string of the molecule is [2H]c1ccc(-c2oc3ccccc3c(=O)c2O)cc1. The molecule has 0 saturated carbocycles. The molecule has 0 amide bonds. The van der Waals surface area contributed by atoms with Crippen LogP contribution in [-0.4, -0.2) is 5.11 Å². The Kier molecular flexibility index (Phi) is 2.12. The Balaban J connectivity index is 2.33. The Morgan fingerprint density at radius 2 is 1.78 bits per heavy atom. The maximum Gasteiger partial charge on any atom is 0.235 e. The van der Waals surface area contributed by atoms with E-state index in [2.05, 4.69) is 0 Å². The summed E-state index contributed by atoms with van der Waals surface area (Å²) in [6.45, 7) is 0. The van der Waals surface area contributed by atoms with Crippen LogP contribution in [0.1, 0.15) is 1.37 Å². The third-order valence-corrected chi connectivity index (χ3v) is 2.75. The fourth-order valence-electron chi connectivity index (χ4n) is 1.87. The van der Waals surface area contributed by atoms with Gasteiger partial charge < -0.3 is 9.52 Å². The van der Waals surface area contributed by atoms with Gasteiger partial charge in [0.2, 0.25) is 11.2 Å². The first-order valence-corrected chi connectivity index (χ1v) is 5.48. The molecule has 2 aromatic carbocycles. The highest BCUT2D eigenvalue weighted by Crippen LogP contribution is 2.29. The minimum Gasteiger partial charge on any atom is -0.502 e. The van der Waals surface area contributed by atoms with E-state index in [-0.39, 0.29) is 5.76 Å². The van der Waals surface area contributed by atoms with Crippen molar-refractivity contribution in [2.75, 3.05) is 0 Å². The lowest BCUT2D eigenvalue weighted by Gasteiger charge is -2.05. The first-order valence-electron chi connectivity index (χ1n) is 5.98. The molecular formula is C15H10O3. The first kappa shape index (κ1) is 9.48. The van der Waals surface area contributed by atoms with Crippen LogP contribution in [0.2, 0.25) is 0 Å². The van der Waals surface area contributed by atoms with Gasteiger partial charge in [-0.1, -0.05) is 42.4 Å². The largest absolute Gasteiger partial charge is 0.502 e. The highest BCUT2D eigenvalue weighted by molar-refractivity contribution is 5.81. The van der Waals surface area contributed by atoms with E-state index in [4.69, 9.17) is 5.79 Å². The monoisotopic (exact) mass is 239 g/mol. The Morgan fingerprint density at radius 3 is 2.56 bits per heavy atom. The van der Waals surface area contributed by atoms with Crippen LogP contribution < -0.4 is 5.43 Å². The molecule has 1 aromatic heterocycles. The number of hydrogen-bond donors (Lipinski definition) is 1. The van der Waals surface area contributed by atoms with Crippen molar-refractivity contribution in [3.8, 4) is 17.1 Å². The summed E-state index contributed by atoms with van der Waals surface area (Å²) in [6.07, 6.45) is 0. The van der Waals surface area contributed by atoms with Crippen LogP contribution in [0.15, 0.2) is 63.8 Å². The fourth-order valence-corrected chi connectivity index (χ4v) is 1.87. The Bertz CT molecular complexity index is 804. The smallest absolute Gasteiger partial charge is 0.235 e. The van der Waals surface area contributed by atoms with Crippen LogP contribution in [0, 0.1) is 0 Å². The van der Waals surface area contributed by atoms with Crippen molar-refractivity contribution in [1.82, 2.24) is 0 Å². The highest BCUT2D eigenvalue weighted by atomic mass is 16.4. The van der Waals surface area contributed by atoms with E-state index >= 15 is 0 Å². The van der Waals surface area contributed by atoms with Gasteiger partial charge in [-0.3, -0.25) is 4.79 Å². The number of rotatable bonds is 1. The second-order valence-electron chi connectivity index (χ2n) is 3.89. The van der Waals surface area contributed by atoms with Crippen LogP contribution in [0.4, 0.5) is 0 Å². The molecule has 3 rings (SSSR count). The lowest BCUT2D eigenvalue weighted by Crippen LogP contribution is -2.02. The molecule has 88 valence electrons. The van der Waals surface area contributed by atoms with Gasteiger partial charge in [-0.05, 0) is 12.1 Å². The van der Waals surface area contributed by atoms with E-state index in [1.165, 1.54) is 0 Å². The highest BCUT2D eigenvalue weighted by Gasteiger charge is 2.14. The van der Waals surface area contributed by atoms with E-state index < -0.39 is 11.2 Å². The zero-order valence-corrected chi connectivity index (χ0v) is 9.38. The third-order valence-electron chi connectivity index (χ3n) is 2.75. The standard InChI is InChI=1S/C15H10O3/c16-13-11-8-4-5-9-12(11)18-15(14(13)17)10-6-2-1-3-7-10/h1-9,17H/i1D. The number of fused-ring (bicyclic) bond motifs is 1. The minimum atomic E-state index is -0.452. The molecule has 0 saturated heterocycles. The Morgan fingerprint density at radius 1 is 1.06 bits per heavy atom. The number of para-hydroxylation sites is 1. The van der Waals surface area contributed by atoms with Crippen molar-refractivity contribution >= 4 is 11.0 Å². The summed E-state index contributed by atoms with van der Waals surface area (Å²) in [5.74, 6) is -0.278. The van der Waals surface area contributed by atoms with Crippen molar-refractivity contribution in [2.45, 2.75) is 0 Å². The average Bonchev–Trinajstić information content (AvgIpc) is 2.44. The summed E-state index contributed by atoms with van der Waals surface area (Å²) in [5, 5.41) is 10.3. The molecule has 1 N–H and O–H groups in total. The molecule has 0 radical (unpaired) electrons. The fraction of sp³-hybridized carbons (Fsp3) is 0. The Hall–Kier alpha value is -2.55. The summed E-state index contributed by atoms with van der Waals surface area (Å²) in [7, 11) is 0. The van der Waals surface area contributed by atoms with Crippen molar-refractivity contribution in [3.05, 3.63) is 64.8 Å². The van der Waals surface area contributed by atoms with Crippen molar-refractivity contribution in [2.24, 2.45) is 0 Å². The predicted octanol–water partition coefficient (Wildman–Crippen LogP) is 3.17. The molecule has 3 heteroatoms. The second-order valence-corrected chi connectivity index (χ2v) is 3.89. The van der Waals surface area contributed by atoms with Crippen molar-refractivity contribution in [1.29, 1.82) is 0 Å². The van der Waals surface area contributed by atoms with Crippen LogP contribution >= 0.6 is 0 Å². The van der Waals surface area contributed by atoms with E-state index in [1.54, 1.807) is 48.5 Å². The molecule has 0 unspecified atom stereocenters. The van der Waals surface area contributed by atoms with E-state index in [9.17, 15) is 9.90 Å². The number of benzene rings is 2. The minimum absolute atomic E-state index is 0.128. The van der Waals surface area contributed by atoms with Crippen LogP contribution in [0.25, 0.3) is 22.3 Å². The zero-order valence-electron chi connectivity index (χ0n) is 10.4. The van der Waals surface area contributed by atoms with Gasteiger partial charge >= 0.3 is 0 Å². The number of hydrogen-bond acceptors (Lipinski definition) is 3. The molecule has 0 spiro atoms. The second kappa shape index (κ2) is 4.04. The average molecular weight is 239 g/mol. The normalized spacial score (nSPS) is 11.4. The molecule has 1 heterocycles. The molecule has 0 bridgehead atoms. The van der Waals surface area contributed by atoms with Gasteiger partial charge in [0.05, 0.1) is 6.76 Å². The summed E-state index contributed by atoms with van der Waals surface area (Å²) < 4.78 is 13.0. The topological polar surface area (TPSA) is 50.4 Å². The van der Waals surface area contributed by atoms with Crippen LogP contribution in [-0.2, 0) is 0 Å². The molecular weight excluding hydrogens is 228 g/mol. The quantitative estimate of drug-likeness (QED) is 0.709. The summed E-state index contributed by atoms with van der Waals surface area (Å²) in [4.78, 5) is 12.0. The lowest BCUT2D eigenvalue weighted by atomic mass is 10.1. The first-order chi connectivity index (χ1) is 9.16. The van der Waals surface area contributed by atoms with E-state index in [0.717, 1.165) is 0 Å². The lowest BCUT2D eigenvalue weighted by molar-refractivity contribution is 0.449. The molecule has 0 atom stereocenters. The van der Waals surface area contributed by atoms with E-state index in [1.807, 2.05) is 0 Å². The molecule has 18 heavy (non-hydrogen) atoms. The predicted molar refractivity (Wildman–Crippen MR) is 69.6 cm³/mol. The molecule has 0 aliphatic carbocycles. The van der Waals surface area contributed by atoms with Gasteiger partial charge in [-0.2, -0.15) is 0 Å². The van der Waals surface area contributed by atoms with Gasteiger partial charge in [0.15, 0.2) is 5.76 Å². The molecule has 0 fully saturated rings. The third kappa shape index (κ3) is 1.57. The summed E-state index contributed by atoms with van der Waals surface area (Å²) in [5.41, 5.74) is 0.540. The van der Waals surface area contributed by atoms with Crippen LogP contribution in [0.3, 0.4) is 0 Å².